The predicted octanol–water partition coefficient (Wildman–Crippen LogP) is 12.8. The fraction of sp³-hybridized carbons (Fsp3) is 0.231. The molecule has 7 aromatic carbocycles. The van der Waals surface area contributed by atoms with Crippen LogP contribution in [0.5, 0.6) is 23.0 Å². The Morgan fingerprint density at radius 2 is 1.21 bits per heavy atom. The molecular weight excluding hydrogens is 689 g/mol. The van der Waals surface area contributed by atoms with Gasteiger partial charge in [-0.1, -0.05) is 107 Å². The maximum atomic E-state index is 7.80. The van der Waals surface area contributed by atoms with Gasteiger partial charge in [0.2, 0.25) is 0 Å². The molecular formula is C52H46O4. The average Bonchev–Trinajstić information content (AvgIpc) is 3.67. The molecule has 3 aliphatic rings. The number of benzene rings is 7. The highest BCUT2D eigenvalue weighted by Crippen LogP contribution is 2.61. The van der Waals surface area contributed by atoms with Crippen LogP contribution in [0.1, 0.15) is 79.5 Å². The van der Waals surface area contributed by atoms with Gasteiger partial charge < -0.3 is 18.9 Å². The molecule has 4 nitrogen and oxygen atoms in total. The molecule has 0 saturated carbocycles. The maximum Gasteiger partial charge on any atom is 0.178 e. The zero-order valence-electron chi connectivity index (χ0n) is 33.2. The summed E-state index contributed by atoms with van der Waals surface area (Å²) in [5.41, 5.74) is 12.3. The SMILES string of the molecule is CCC1(CC)c2ccccc2-c2c1c1c(c3cc(OC)c(OC)cc23)OC(c2ccc(OC)cc2)(c2ccc3c(c2)C(C)(C)c2cc4ccccc4cc2-3)C=C1. The van der Waals surface area contributed by atoms with Crippen LogP contribution in [0.25, 0.3) is 49.9 Å². The molecule has 0 aromatic heterocycles. The number of rotatable bonds is 7. The van der Waals surface area contributed by atoms with E-state index < -0.39 is 5.60 Å². The molecule has 1 unspecified atom stereocenters. The van der Waals surface area contributed by atoms with Crippen molar-refractivity contribution in [2.24, 2.45) is 0 Å². The first-order chi connectivity index (χ1) is 27.2. The molecule has 10 rings (SSSR count). The third kappa shape index (κ3) is 4.47. The smallest absolute Gasteiger partial charge is 0.178 e. The van der Waals surface area contributed by atoms with Gasteiger partial charge in [0.15, 0.2) is 17.1 Å². The Morgan fingerprint density at radius 1 is 0.571 bits per heavy atom. The first-order valence-electron chi connectivity index (χ1n) is 19.8. The predicted molar refractivity (Wildman–Crippen MR) is 229 cm³/mol. The number of hydrogen-bond acceptors (Lipinski definition) is 4. The number of methoxy groups -OCH3 is 3. The number of fused-ring (bicyclic) bond motifs is 12. The second-order valence-electron chi connectivity index (χ2n) is 16.1. The van der Waals surface area contributed by atoms with Crippen LogP contribution in [0, 0.1) is 0 Å². The minimum atomic E-state index is -0.954. The van der Waals surface area contributed by atoms with Crippen molar-refractivity contribution in [3.05, 3.63) is 160 Å². The second kappa shape index (κ2) is 12.2. The Hall–Kier alpha value is -6.00. The first kappa shape index (κ1) is 34.5. The van der Waals surface area contributed by atoms with Gasteiger partial charge in [0.05, 0.1) is 21.3 Å². The Balaban J connectivity index is 1.26. The average molecular weight is 735 g/mol. The van der Waals surface area contributed by atoms with Gasteiger partial charge in [0, 0.05) is 32.9 Å². The van der Waals surface area contributed by atoms with Gasteiger partial charge in [-0.3, -0.25) is 0 Å². The second-order valence-corrected chi connectivity index (χ2v) is 16.1. The van der Waals surface area contributed by atoms with Crippen molar-refractivity contribution in [3.8, 4) is 45.3 Å². The third-order valence-electron chi connectivity index (χ3n) is 13.4. The summed E-state index contributed by atoms with van der Waals surface area (Å²) in [4.78, 5) is 0. The molecule has 278 valence electrons. The molecule has 1 heterocycles. The summed E-state index contributed by atoms with van der Waals surface area (Å²) < 4.78 is 25.4. The largest absolute Gasteiger partial charge is 0.497 e. The lowest BCUT2D eigenvalue weighted by Gasteiger charge is -2.40. The van der Waals surface area contributed by atoms with Crippen LogP contribution in [0.15, 0.2) is 121 Å². The van der Waals surface area contributed by atoms with Crippen LogP contribution in [0.3, 0.4) is 0 Å². The van der Waals surface area contributed by atoms with Crippen molar-refractivity contribution in [1.82, 2.24) is 0 Å². The van der Waals surface area contributed by atoms with Gasteiger partial charge in [0.25, 0.3) is 0 Å². The summed E-state index contributed by atoms with van der Waals surface area (Å²) in [6, 6.07) is 42.0. The van der Waals surface area contributed by atoms with E-state index in [0.717, 1.165) is 51.8 Å². The molecule has 2 aliphatic carbocycles. The fourth-order valence-electron chi connectivity index (χ4n) is 10.4. The summed E-state index contributed by atoms with van der Waals surface area (Å²) in [6.45, 7) is 9.35. The lowest BCUT2D eigenvalue weighted by Crippen LogP contribution is -2.35. The van der Waals surface area contributed by atoms with E-state index in [1.165, 1.54) is 55.3 Å². The highest BCUT2D eigenvalue weighted by atomic mass is 16.5. The summed E-state index contributed by atoms with van der Waals surface area (Å²) in [5, 5.41) is 4.62. The summed E-state index contributed by atoms with van der Waals surface area (Å²) in [6.07, 6.45) is 6.58. The molecule has 4 heteroatoms. The first-order valence-corrected chi connectivity index (χ1v) is 19.8. The Morgan fingerprint density at radius 3 is 1.91 bits per heavy atom. The molecule has 0 amide bonds. The molecule has 1 atom stereocenters. The van der Waals surface area contributed by atoms with E-state index in [4.69, 9.17) is 18.9 Å². The topological polar surface area (TPSA) is 36.9 Å². The zero-order chi connectivity index (χ0) is 38.6. The molecule has 56 heavy (non-hydrogen) atoms. The third-order valence-corrected chi connectivity index (χ3v) is 13.4. The van der Waals surface area contributed by atoms with Crippen LogP contribution >= 0.6 is 0 Å². The molecule has 0 N–H and O–H groups in total. The van der Waals surface area contributed by atoms with Gasteiger partial charge in [-0.15, -0.1) is 0 Å². The molecule has 0 bridgehead atoms. The van der Waals surface area contributed by atoms with Crippen molar-refractivity contribution in [3.63, 3.8) is 0 Å². The quantitative estimate of drug-likeness (QED) is 0.163. The maximum absolute atomic E-state index is 7.80. The normalized spacial score (nSPS) is 17.8. The van der Waals surface area contributed by atoms with E-state index in [1.54, 1.807) is 21.3 Å². The van der Waals surface area contributed by atoms with Gasteiger partial charge >= 0.3 is 0 Å². The summed E-state index contributed by atoms with van der Waals surface area (Å²) >= 11 is 0. The molecule has 7 aromatic rings. The van der Waals surface area contributed by atoms with E-state index in [9.17, 15) is 0 Å². The molecule has 0 spiro atoms. The Kier molecular flexibility index (Phi) is 7.54. The lowest BCUT2D eigenvalue weighted by molar-refractivity contribution is 0.163. The van der Waals surface area contributed by atoms with Gasteiger partial charge in [-0.25, -0.2) is 0 Å². The van der Waals surface area contributed by atoms with E-state index in [0.29, 0.717) is 11.5 Å². The number of ether oxygens (including phenoxy) is 4. The van der Waals surface area contributed by atoms with E-state index in [2.05, 4.69) is 143 Å². The molecule has 0 radical (unpaired) electrons. The monoisotopic (exact) mass is 734 g/mol. The van der Waals surface area contributed by atoms with E-state index in [-0.39, 0.29) is 10.8 Å². The lowest BCUT2D eigenvalue weighted by atomic mass is 9.71. The Labute approximate surface area is 329 Å². The van der Waals surface area contributed by atoms with Gasteiger partial charge in [-0.05, 0) is 122 Å². The molecule has 0 fully saturated rings. The highest BCUT2D eigenvalue weighted by molar-refractivity contribution is 6.09. The van der Waals surface area contributed by atoms with Crippen molar-refractivity contribution in [2.45, 2.75) is 57.0 Å². The van der Waals surface area contributed by atoms with Crippen LogP contribution in [0.2, 0.25) is 0 Å². The zero-order valence-corrected chi connectivity index (χ0v) is 33.2. The number of hydrogen-bond donors (Lipinski definition) is 0. The van der Waals surface area contributed by atoms with E-state index >= 15 is 0 Å². The van der Waals surface area contributed by atoms with Crippen molar-refractivity contribution in [1.29, 1.82) is 0 Å². The highest BCUT2D eigenvalue weighted by Gasteiger charge is 2.48. The molecule has 1 aliphatic heterocycles. The Bertz CT molecular complexity index is 2790. The van der Waals surface area contributed by atoms with Crippen LogP contribution in [-0.4, -0.2) is 21.3 Å². The fourth-order valence-corrected chi connectivity index (χ4v) is 10.4. The van der Waals surface area contributed by atoms with Crippen LogP contribution in [-0.2, 0) is 16.4 Å². The van der Waals surface area contributed by atoms with Crippen molar-refractivity contribution >= 4 is 27.6 Å². The molecule has 0 saturated heterocycles. The summed E-state index contributed by atoms with van der Waals surface area (Å²) in [7, 11) is 5.12. The van der Waals surface area contributed by atoms with Crippen molar-refractivity contribution in [2.75, 3.05) is 21.3 Å². The standard InChI is InChI=1S/C52H46O4/c1-8-51(9-2)42-17-13-12-16-37(42)47-40-29-45(54-6)46(55-7)30-41(40)49-38(48(47)51)24-25-52(56-49,33-18-21-35(53-5)22-19-33)34-20-23-36-39-26-31-14-10-11-15-32(31)27-43(39)50(3,4)44(36)28-34/h10-30H,8-9H2,1-7H3. The van der Waals surface area contributed by atoms with Crippen LogP contribution in [0.4, 0.5) is 0 Å². The minimum Gasteiger partial charge on any atom is -0.497 e. The minimum absolute atomic E-state index is 0.182. The summed E-state index contributed by atoms with van der Waals surface area (Å²) in [5.74, 6) is 3.02. The van der Waals surface area contributed by atoms with Gasteiger partial charge in [0.1, 0.15) is 11.5 Å². The van der Waals surface area contributed by atoms with Crippen LogP contribution < -0.4 is 18.9 Å². The van der Waals surface area contributed by atoms with Gasteiger partial charge in [-0.2, -0.15) is 0 Å². The van der Waals surface area contributed by atoms with E-state index in [1.807, 2.05) is 12.1 Å². The van der Waals surface area contributed by atoms with Crippen molar-refractivity contribution < 1.29 is 18.9 Å².